The van der Waals surface area contributed by atoms with E-state index in [1.165, 1.54) is 6.07 Å². The summed E-state index contributed by atoms with van der Waals surface area (Å²) in [5, 5.41) is 10.4. The summed E-state index contributed by atoms with van der Waals surface area (Å²) < 4.78 is 10.4. The number of phenolic OH excluding ortho intramolecular Hbond substituents is 1. The fourth-order valence-corrected chi connectivity index (χ4v) is 3.05. The molecule has 154 valence electrons. The van der Waals surface area contributed by atoms with Gasteiger partial charge in [0.25, 0.3) is 0 Å². The van der Waals surface area contributed by atoms with E-state index in [9.17, 15) is 9.90 Å². The fourth-order valence-electron chi connectivity index (χ4n) is 3.05. The topological polar surface area (TPSA) is 94.4 Å². The summed E-state index contributed by atoms with van der Waals surface area (Å²) in [5.41, 5.74) is 2.30. The Kier molecular flexibility index (Phi) is 5.57. The number of rotatable bonds is 6. The highest BCUT2D eigenvalue weighted by molar-refractivity contribution is 5.79. The number of carbonyl (C=O) groups excluding carboxylic acids is 1. The molecule has 0 aliphatic heterocycles. The number of hydrogen-bond donors (Lipinski definition) is 1. The lowest BCUT2D eigenvalue weighted by atomic mass is 10.1. The first-order chi connectivity index (χ1) is 15.1. The minimum atomic E-state index is -0.0860. The van der Waals surface area contributed by atoms with Gasteiger partial charge in [-0.05, 0) is 60.7 Å². The summed E-state index contributed by atoms with van der Waals surface area (Å²) in [6.45, 7) is 0. The maximum absolute atomic E-state index is 11.0. The Morgan fingerprint density at radius 1 is 0.710 bits per heavy atom. The molecule has 0 saturated heterocycles. The van der Waals surface area contributed by atoms with Crippen LogP contribution in [0.15, 0.2) is 66.7 Å². The third kappa shape index (κ3) is 4.20. The molecule has 7 nitrogen and oxygen atoms in total. The number of phenols is 1. The zero-order valence-electron chi connectivity index (χ0n) is 16.9. The maximum atomic E-state index is 11.0. The van der Waals surface area contributed by atoms with Gasteiger partial charge in [-0.25, -0.2) is 15.0 Å². The van der Waals surface area contributed by atoms with Gasteiger partial charge in [-0.3, -0.25) is 4.79 Å². The minimum absolute atomic E-state index is 0.0860. The highest BCUT2D eigenvalue weighted by atomic mass is 16.5. The van der Waals surface area contributed by atoms with Gasteiger partial charge in [0.1, 0.15) is 23.5 Å². The van der Waals surface area contributed by atoms with Gasteiger partial charge in [0.2, 0.25) is 0 Å². The van der Waals surface area contributed by atoms with E-state index in [0.717, 1.165) is 22.6 Å². The van der Waals surface area contributed by atoms with Crippen LogP contribution in [-0.2, 0) is 0 Å². The number of aromatic hydroxyl groups is 1. The lowest BCUT2D eigenvalue weighted by molar-refractivity contribution is 0.112. The lowest BCUT2D eigenvalue weighted by Crippen LogP contribution is -2.00. The van der Waals surface area contributed by atoms with E-state index >= 15 is 0 Å². The molecule has 31 heavy (non-hydrogen) atoms. The van der Waals surface area contributed by atoms with Gasteiger partial charge < -0.3 is 14.6 Å². The number of nitrogens with zero attached hydrogens (tertiary/aromatic N) is 3. The second-order valence-corrected chi connectivity index (χ2v) is 6.66. The van der Waals surface area contributed by atoms with Crippen LogP contribution in [0.1, 0.15) is 10.4 Å². The Morgan fingerprint density at radius 2 is 1.19 bits per heavy atom. The van der Waals surface area contributed by atoms with Crippen LogP contribution >= 0.6 is 0 Å². The number of aromatic nitrogens is 3. The Bertz CT molecular complexity index is 1160. The Labute approximate surface area is 179 Å². The molecule has 0 fully saturated rings. The molecule has 3 aromatic carbocycles. The number of aldehydes is 1. The third-order valence-electron chi connectivity index (χ3n) is 4.73. The summed E-state index contributed by atoms with van der Waals surface area (Å²) in [6.07, 6.45) is 0.669. The van der Waals surface area contributed by atoms with Crippen LogP contribution in [0.25, 0.3) is 34.2 Å². The monoisotopic (exact) mass is 413 g/mol. The van der Waals surface area contributed by atoms with Gasteiger partial charge in [0.05, 0.1) is 19.8 Å². The zero-order chi connectivity index (χ0) is 21.8. The SMILES string of the molecule is COc1ccc(-c2nc(-c3ccc(OC)cc3)nc(-c3ccc(C=O)cc3O)n2)cc1. The Morgan fingerprint density at radius 3 is 1.61 bits per heavy atom. The van der Waals surface area contributed by atoms with Crippen LogP contribution in [0.5, 0.6) is 17.2 Å². The van der Waals surface area contributed by atoms with Crippen molar-refractivity contribution in [2.24, 2.45) is 0 Å². The molecule has 0 radical (unpaired) electrons. The Balaban J connectivity index is 1.88. The largest absolute Gasteiger partial charge is 0.507 e. The highest BCUT2D eigenvalue weighted by Gasteiger charge is 2.15. The predicted octanol–water partition coefficient (Wildman–Crippen LogP) is 4.41. The van der Waals surface area contributed by atoms with E-state index in [4.69, 9.17) is 9.47 Å². The van der Waals surface area contributed by atoms with Crippen molar-refractivity contribution < 1.29 is 19.4 Å². The van der Waals surface area contributed by atoms with E-state index in [2.05, 4.69) is 15.0 Å². The second-order valence-electron chi connectivity index (χ2n) is 6.66. The van der Waals surface area contributed by atoms with E-state index in [1.807, 2.05) is 48.5 Å². The number of ether oxygens (including phenoxy) is 2. The van der Waals surface area contributed by atoms with Gasteiger partial charge >= 0.3 is 0 Å². The average Bonchev–Trinajstić information content (AvgIpc) is 2.83. The molecule has 0 bridgehead atoms. The van der Waals surface area contributed by atoms with Gasteiger partial charge in [-0.1, -0.05) is 6.07 Å². The molecule has 0 aliphatic carbocycles. The van der Waals surface area contributed by atoms with Crippen molar-refractivity contribution in [3.63, 3.8) is 0 Å². The molecule has 0 spiro atoms. The van der Waals surface area contributed by atoms with E-state index in [0.29, 0.717) is 34.9 Å². The zero-order valence-corrected chi connectivity index (χ0v) is 16.9. The second kappa shape index (κ2) is 8.62. The van der Waals surface area contributed by atoms with Crippen molar-refractivity contribution in [1.82, 2.24) is 15.0 Å². The highest BCUT2D eigenvalue weighted by Crippen LogP contribution is 2.31. The number of benzene rings is 3. The maximum Gasteiger partial charge on any atom is 0.167 e. The minimum Gasteiger partial charge on any atom is -0.507 e. The summed E-state index contributed by atoms with van der Waals surface area (Å²) in [5.74, 6) is 2.53. The van der Waals surface area contributed by atoms with Crippen LogP contribution in [0.3, 0.4) is 0 Å². The molecule has 0 saturated carbocycles. The molecule has 0 atom stereocenters. The van der Waals surface area contributed by atoms with Gasteiger partial charge in [-0.15, -0.1) is 0 Å². The molecule has 1 N–H and O–H groups in total. The summed E-state index contributed by atoms with van der Waals surface area (Å²) in [4.78, 5) is 24.8. The molecule has 4 rings (SSSR count). The number of hydrogen-bond acceptors (Lipinski definition) is 7. The van der Waals surface area contributed by atoms with Crippen LogP contribution in [-0.4, -0.2) is 40.6 Å². The first-order valence-electron chi connectivity index (χ1n) is 9.45. The van der Waals surface area contributed by atoms with Crippen LogP contribution in [0, 0.1) is 0 Å². The van der Waals surface area contributed by atoms with Crippen molar-refractivity contribution in [2.45, 2.75) is 0 Å². The van der Waals surface area contributed by atoms with Crippen molar-refractivity contribution in [3.05, 3.63) is 72.3 Å². The fraction of sp³-hybridized carbons (Fsp3) is 0.0833. The summed E-state index contributed by atoms with van der Waals surface area (Å²) in [7, 11) is 3.20. The molecule has 1 aromatic heterocycles. The van der Waals surface area contributed by atoms with Gasteiger partial charge in [-0.2, -0.15) is 0 Å². The molecular weight excluding hydrogens is 394 g/mol. The third-order valence-corrected chi connectivity index (χ3v) is 4.73. The number of methoxy groups -OCH3 is 2. The number of carbonyl (C=O) groups is 1. The smallest absolute Gasteiger partial charge is 0.167 e. The summed E-state index contributed by atoms with van der Waals surface area (Å²) >= 11 is 0. The molecule has 0 aliphatic rings. The first-order valence-corrected chi connectivity index (χ1v) is 9.45. The molecular formula is C24H19N3O4. The predicted molar refractivity (Wildman–Crippen MR) is 116 cm³/mol. The van der Waals surface area contributed by atoms with Crippen LogP contribution < -0.4 is 9.47 Å². The Hall–Kier alpha value is -4.26. The quantitative estimate of drug-likeness (QED) is 0.468. The van der Waals surface area contributed by atoms with Gasteiger partial charge in [0.15, 0.2) is 17.5 Å². The average molecular weight is 413 g/mol. The normalized spacial score (nSPS) is 10.5. The summed E-state index contributed by atoms with van der Waals surface area (Å²) in [6, 6.07) is 19.3. The molecule has 0 unspecified atom stereocenters. The van der Waals surface area contributed by atoms with Crippen molar-refractivity contribution in [3.8, 4) is 51.4 Å². The first kappa shape index (κ1) is 20.0. The van der Waals surface area contributed by atoms with Crippen LogP contribution in [0.2, 0.25) is 0 Å². The molecule has 4 aromatic rings. The van der Waals surface area contributed by atoms with E-state index < -0.39 is 0 Å². The van der Waals surface area contributed by atoms with Crippen molar-refractivity contribution >= 4 is 6.29 Å². The standard InChI is InChI=1S/C24H19N3O4/c1-30-18-8-4-16(5-9-18)22-25-23(17-6-10-19(31-2)11-7-17)27-24(26-22)20-12-3-15(14-28)13-21(20)29/h3-14,29H,1-2H3. The van der Waals surface area contributed by atoms with Crippen molar-refractivity contribution in [2.75, 3.05) is 14.2 Å². The van der Waals surface area contributed by atoms with Crippen LogP contribution in [0.4, 0.5) is 0 Å². The molecule has 1 heterocycles. The van der Waals surface area contributed by atoms with Gasteiger partial charge in [0, 0.05) is 16.7 Å². The van der Waals surface area contributed by atoms with E-state index in [1.54, 1.807) is 26.4 Å². The molecule has 0 amide bonds. The lowest BCUT2D eigenvalue weighted by Gasteiger charge is -2.10. The van der Waals surface area contributed by atoms with E-state index in [-0.39, 0.29) is 5.75 Å². The van der Waals surface area contributed by atoms with Crippen molar-refractivity contribution in [1.29, 1.82) is 0 Å². The molecule has 7 heteroatoms.